The summed E-state index contributed by atoms with van der Waals surface area (Å²) < 4.78 is 0. The molecule has 1 amide bonds. The highest BCUT2D eigenvalue weighted by molar-refractivity contribution is 7.10. The van der Waals surface area contributed by atoms with Crippen LogP contribution in [0.2, 0.25) is 0 Å². The van der Waals surface area contributed by atoms with Gasteiger partial charge in [0, 0.05) is 4.88 Å². The van der Waals surface area contributed by atoms with Gasteiger partial charge in [-0.1, -0.05) is 13.3 Å². The van der Waals surface area contributed by atoms with Gasteiger partial charge in [0.2, 0.25) is 5.91 Å². The van der Waals surface area contributed by atoms with E-state index in [0.717, 1.165) is 12.8 Å². The molecule has 1 aromatic rings. The van der Waals surface area contributed by atoms with Crippen molar-refractivity contribution in [3.05, 3.63) is 21.9 Å². The van der Waals surface area contributed by atoms with Gasteiger partial charge in [0.1, 0.15) is 0 Å². The van der Waals surface area contributed by atoms with Gasteiger partial charge in [-0.25, -0.2) is 0 Å². The average Bonchev–Trinajstić information content (AvgIpc) is 2.61. The summed E-state index contributed by atoms with van der Waals surface area (Å²) >= 11 is 1.66. The third kappa shape index (κ3) is 3.64. The van der Waals surface area contributed by atoms with E-state index < -0.39 is 0 Å². The fourth-order valence-electron chi connectivity index (χ4n) is 1.33. The zero-order valence-corrected chi connectivity index (χ0v) is 10.1. The zero-order valence-electron chi connectivity index (χ0n) is 9.25. The first-order valence-corrected chi connectivity index (χ1v) is 6.09. The van der Waals surface area contributed by atoms with Crippen molar-refractivity contribution in [1.82, 2.24) is 5.32 Å². The maximum atomic E-state index is 11.5. The van der Waals surface area contributed by atoms with Crippen molar-refractivity contribution < 1.29 is 4.79 Å². The summed E-state index contributed by atoms with van der Waals surface area (Å²) in [6.45, 7) is 4.67. The third-order valence-electron chi connectivity index (χ3n) is 2.33. The summed E-state index contributed by atoms with van der Waals surface area (Å²) in [5.74, 6) is -0.0512. The van der Waals surface area contributed by atoms with E-state index in [1.54, 1.807) is 11.3 Å². The second kappa shape index (κ2) is 5.88. The molecule has 4 heteroatoms. The lowest BCUT2D eigenvalue weighted by molar-refractivity contribution is -0.122. The Morgan fingerprint density at radius 2 is 2.40 bits per heavy atom. The van der Waals surface area contributed by atoms with Crippen molar-refractivity contribution in [3.63, 3.8) is 0 Å². The lowest BCUT2D eigenvalue weighted by Crippen LogP contribution is -2.39. The standard InChI is InChI=1S/C11H18N2OS/c1-3-4-9(12)11(14)13-7-10-8(2)5-6-15-10/h5-6,9H,3-4,7,12H2,1-2H3,(H,13,14)/t9-/m1/s1. The van der Waals surface area contributed by atoms with Gasteiger partial charge in [0.05, 0.1) is 12.6 Å². The van der Waals surface area contributed by atoms with E-state index in [1.165, 1.54) is 10.4 Å². The number of hydrogen-bond acceptors (Lipinski definition) is 3. The molecule has 3 N–H and O–H groups in total. The van der Waals surface area contributed by atoms with Crippen molar-refractivity contribution in [2.75, 3.05) is 0 Å². The highest BCUT2D eigenvalue weighted by atomic mass is 32.1. The van der Waals surface area contributed by atoms with Crippen LogP contribution < -0.4 is 11.1 Å². The molecule has 0 aliphatic heterocycles. The van der Waals surface area contributed by atoms with Crippen LogP contribution in [-0.2, 0) is 11.3 Å². The van der Waals surface area contributed by atoms with Crippen LogP contribution in [0, 0.1) is 6.92 Å². The molecule has 1 atom stereocenters. The number of amides is 1. The van der Waals surface area contributed by atoms with Crippen molar-refractivity contribution in [1.29, 1.82) is 0 Å². The van der Waals surface area contributed by atoms with E-state index >= 15 is 0 Å². The highest BCUT2D eigenvalue weighted by Crippen LogP contribution is 2.14. The van der Waals surface area contributed by atoms with Gasteiger partial charge in [-0.2, -0.15) is 0 Å². The largest absolute Gasteiger partial charge is 0.350 e. The molecule has 0 saturated heterocycles. The lowest BCUT2D eigenvalue weighted by atomic mass is 10.1. The van der Waals surface area contributed by atoms with Crippen molar-refractivity contribution >= 4 is 17.2 Å². The van der Waals surface area contributed by atoms with E-state index in [0.29, 0.717) is 6.54 Å². The maximum Gasteiger partial charge on any atom is 0.237 e. The quantitative estimate of drug-likeness (QED) is 0.804. The van der Waals surface area contributed by atoms with Crippen molar-refractivity contribution in [3.8, 4) is 0 Å². The molecule has 1 aromatic heterocycles. The number of thiophene rings is 1. The Hall–Kier alpha value is -0.870. The maximum absolute atomic E-state index is 11.5. The fourth-order valence-corrected chi connectivity index (χ4v) is 2.17. The molecule has 15 heavy (non-hydrogen) atoms. The van der Waals surface area contributed by atoms with Crippen LogP contribution in [0.5, 0.6) is 0 Å². The minimum atomic E-state index is -0.365. The van der Waals surface area contributed by atoms with Crippen LogP contribution >= 0.6 is 11.3 Å². The number of nitrogens with one attached hydrogen (secondary N) is 1. The highest BCUT2D eigenvalue weighted by Gasteiger charge is 2.11. The van der Waals surface area contributed by atoms with E-state index in [2.05, 4.69) is 11.4 Å². The summed E-state index contributed by atoms with van der Waals surface area (Å²) in [4.78, 5) is 12.7. The second-order valence-electron chi connectivity index (χ2n) is 3.64. The fraction of sp³-hybridized carbons (Fsp3) is 0.545. The van der Waals surface area contributed by atoms with Crippen LogP contribution in [0.15, 0.2) is 11.4 Å². The number of carbonyl (C=O) groups excluding carboxylic acids is 1. The lowest BCUT2D eigenvalue weighted by Gasteiger charge is -2.10. The average molecular weight is 226 g/mol. The molecule has 0 aliphatic carbocycles. The molecule has 0 radical (unpaired) electrons. The van der Waals surface area contributed by atoms with Crippen LogP contribution in [0.1, 0.15) is 30.2 Å². The van der Waals surface area contributed by atoms with Crippen molar-refractivity contribution in [2.45, 2.75) is 39.3 Å². The summed E-state index contributed by atoms with van der Waals surface area (Å²) in [6.07, 6.45) is 1.68. The van der Waals surface area contributed by atoms with Gasteiger partial charge in [-0.15, -0.1) is 11.3 Å². The molecule has 0 aliphatic rings. The Kier molecular flexibility index (Phi) is 4.78. The first-order chi connectivity index (χ1) is 7.15. The number of rotatable bonds is 5. The van der Waals surface area contributed by atoms with Crippen LogP contribution in [0.4, 0.5) is 0 Å². The van der Waals surface area contributed by atoms with Crippen molar-refractivity contribution in [2.24, 2.45) is 5.73 Å². The Labute approximate surface area is 94.7 Å². The Morgan fingerprint density at radius 3 is 2.93 bits per heavy atom. The van der Waals surface area contributed by atoms with Gasteiger partial charge < -0.3 is 11.1 Å². The molecule has 1 heterocycles. The molecular formula is C11H18N2OS. The summed E-state index contributed by atoms with van der Waals surface area (Å²) in [6, 6.07) is 1.69. The molecule has 84 valence electrons. The first-order valence-electron chi connectivity index (χ1n) is 5.21. The normalized spacial score (nSPS) is 12.5. The first kappa shape index (κ1) is 12.2. The van der Waals surface area contributed by atoms with E-state index in [4.69, 9.17) is 5.73 Å². The van der Waals surface area contributed by atoms with Crippen LogP contribution in [0.3, 0.4) is 0 Å². The predicted octanol–water partition coefficient (Wildman–Crippen LogP) is 1.80. The van der Waals surface area contributed by atoms with Gasteiger partial charge in [-0.3, -0.25) is 4.79 Å². The number of aryl methyl sites for hydroxylation is 1. The van der Waals surface area contributed by atoms with Gasteiger partial charge in [-0.05, 0) is 30.4 Å². The van der Waals surface area contributed by atoms with E-state index in [1.807, 2.05) is 19.2 Å². The van der Waals surface area contributed by atoms with Gasteiger partial charge in [0.15, 0.2) is 0 Å². The topological polar surface area (TPSA) is 55.1 Å². The predicted molar refractivity (Wildman–Crippen MR) is 63.8 cm³/mol. The molecule has 0 aromatic carbocycles. The van der Waals surface area contributed by atoms with Gasteiger partial charge >= 0.3 is 0 Å². The number of nitrogens with two attached hydrogens (primary N) is 1. The van der Waals surface area contributed by atoms with Crippen LogP contribution in [0.25, 0.3) is 0 Å². The van der Waals surface area contributed by atoms with Gasteiger partial charge in [0.25, 0.3) is 0 Å². The molecule has 0 bridgehead atoms. The minimum absolute atomic E-state index is 0.0512. The Morgan fingerprint density at radius 1 is 1.67 bits per heavy atom. The summed E-state index contributed by atoms with van der Waals surface area (Å²) in [7, 11) is 0. The molecule has 3 nitrogen and oxygen atoms in total. The monoisotopic (exact) mass is 226 g/mol. The minimum Gasteiger partial charge on any atom is -0.350 e. The number of carbonyl (C=O) groups is 1. The van der Waals surface area contributed by atoms with Crippen LogP contribution in [-0.4, -0.2) is 11.9 Å². The Balaban J connectivity index is 2.37. The third-order valence-corrected chi connectivity index (χ3v) is 3.35. The summed E-state index contributed by atoms with van der Waals surface area (Å²) in [5.41, 5.74) is 6.92. The molecule has 0 saturated carbocycles. The Bertz CT molecular complexity index is 322. The van der Waals surface area contributed by atoms with E-state index in [-0.39, 0.29) is 11.9 Å². The summed E-state index contributed by atoms with van der Waals surface area (Å²) in [5, 5.41) is 4.89. The smallest absolute Gasteiger partial charge is 0.237 e. The van der Waals surface area contributed by atoms with E-state index in [9.17, 15) is 4.79 Å². The SMILES string of the molecule is CCC[C@@H](N)C(=O)NCc1sccc1C. The molecule has 1 rings (SSSR count). The molecule has 0 unspecified atom stereocenters. The molecular weight excluding hydrogens is 208 g/mol. The molecule has 0 spiro atoms. The zero-order chi connectivity index (χ0) is 11.3. The second-order valence-corrected chi connectivity index (χ2v) is 4.64. The number of hydrogen-bond donors (Lipinski definition) is 2. The molecule has 0 fully saturated rings.